The van der Waals surface area contributed by atoms with E-state index in [0.717, 1.165) is 11.1 Å². The monoisotopic (exact) mass is 326 g/mol. The molecule has 6 heteroatoms. The number of amides is 1. The largest absolute Gasteiger partial charge is 0.372 e. The number of hydrogen-bond acceptors (Lipinski definition) is 4. The fourth-order valence-electron chi connectivity index (χ4n) is 2.48. The zero-order valence-corrected chi connectivity index (χ0v) is 13.1. The van der Waals surface area contributed by atoms with Crippen LogP contribution < -0.4 is 5.32 Å². The Morgan fingerprint density at radius 2 is 1.71 bits per heavy atom. The Hall–Kier alpha value is -2.73. The first kappa shape index (κ1) is 16.1. The first-order valence-electron chi connectivity index (χ1n) is 7.78. The molecular formula is C18H18N2O4. The van der Waals surface area contributed by atoms with Gasteiger partial charge in [-0.05, 0) is 23.3 Å². The summed E-state index contributed by atoms with van der Waals surface area (Å²) in [5.74, 6) is -0.793. The third-order valence-corrected chi connectivity index (χ3v) is 3.97. The molecule has 1 N–H and O–H groups in total. The van der Waals surface area contributed by atoms with E-state index in [4.69, 9.17) is 4.74 Å². The number of carbonyl (C=O) groups excluding carboxylic acids is 1. The minimum atomic E-state index is -0.726. The standard InChI is InChI=1S/C18H18N2O4/c21-18(16-10-17(16)20(22)23)19-15-8-6-14(7-9-15)12-24-11-13-4-2-1-3-5-13/h1-9,16-17H,10-12H2,(H,19,21). The Morgan fingerprint density at radius 3 is 2.29 bits per heavy atom. The number of carbonyl (C=O) groups is 1. The number of anilines is 1. The number of hydrogen-bond donors (Lipinski definition) is 1. The molecule has 124 valence electrons. The molecule has 24 heavy (non-hydrogen) atoms. The van der Waals surface area contributed by atoms with Crippen LogP contribution in [0.2, 0.25) is 0 Å². The van der Waals surface area contributed by atoms with E-state index in [1.165, 1.54) is 0 Å². The fourth-order valence-corrected chi connectivity index (χ4v) is 2.48. The molecule has 1 saturated carbocycles. The second-order valence-electron chi connectivity index (χ2n) is 5.86. The number of nitrogens with zero attached hydrogens (tertiary/aromatic N) is 1. The van der Waals surface area contributed by atoms with Crippen LogP contribution in [-0.4, -0.2) is 16.9 Å². The predicted octanol–water partition coefficient (Wildman–Crippen LogP) is 3.01. The van der Waals surface area contributed by atoms with Crippen molar-refractivity contribution in [3.63, 3.8) is 0 Å². The molecule has 3 rings (SSSR count). The van der Waals surface area contributed by atoms with Gasteiger partial charge in [0, 0.05) is 17.0 Å². The Bertz CT molecular complexity index is 716. The first-order valence-corrected chi connectivity index (χ1v) is 7.78. The number of ether oxygens (including phenoxy) is 1. The Labute approximate surface area is 139 Å². The van der Waals surface area contributed by atoms with E-state index in [2.05, 4.69) is 5.32 Å². The molecule has 0 saturated heterocycles. The second-order valence-corrected chi connectivity index (χ2v) is 5.86. The minimum absolute atomic E-state index is 0.287. The van der Waals surface area contributed by atoms with Gasteiger partial charge in [-0.2, -0.15) is 0 Å². The van der Waals surface area contributed by atoms with Crippen molar-refractivity contribution in [1.82, 2.24) is 0 Å². The van der Waals surface area contributed by atoms with E-state index in [9.17, 15) is 14.9 Å². The molecular weight excluding hydrogens is 308 g/mol. The third-order valence-electron chi connectivity index (χ3n) is 3.97. The summed E-state index contributed by atoms with van der Waals surface area (Å²) in [6.07, 6.45) is 0.324. The highest BCUT2D eigenvalue weighted by Gasteiger charge is 2.53. The van der Waals surface area contributed by atoms with Crippen LogP contribution in [-0.2, 0) is 22.7 Å². The summed E-state index contributed by atoms with van der Waals surface area (Å²) >= 11 is 0. The molecule has 0 heterocycles. The van der Waals surface area contributed by atoms with Crippen LogP contribution >= 0.6 is 0 Å². The van der Waals surface area contributed by atoms with Crippen LogP contribution in [0, 0.1) is 16.0 Å². The lowest BCUT2D eigenvalue weighted by molar-refractivity contribution is -0.497. The number of benzene rings is 2. The summed E-state index contributed by atoms with van der Waals surface area (Å²) in [5, 5.41) is 13.3. The van der Waals surface area contributed by atoms with Gasteiger partial charge in [-0.15, -0.1) is 0 Å². The van der Waals surface area contributed by atoms with Crippen LogP contribution in [0.5, 0.6) is 0 Å². The van der Waals surface area contributed by atoms with Gasteiger partial charge in [0.1, 0.15) is 5.92 Å². The maximum Gasteiger partial charge on any atom is 0.234 e. The molecule has 1 aliphatic carbocycles. The van der Waals surface area contributed by atoms with E-state index in [1.54, 1.807) is 12.1 Å². The predicted molar refractivity (Wildman–Crippen MR) is 88.9 cm³/mol. The fraction of sp³-hybridized carbons (Fsp3) is 0.278. The number of nitro groups is 1. The topological polar surface area (TPSA) is 81.5 Å². The van der Waals surface area contributed by atoms with Crippen molar-refractivity contribution in [2.45, 2.75) is 25.7 Å². The molecule has 2 aromatic carbocycles. The normalized spacial score (nSPS) is 18.8. The van der Waals surface area contributed by atoms with E-state index >= 15 is 0 Å². The van der Waals surface area contributed by atoms with Crippen molar-refractivity contribution in [3.8, 4) is 0 Å². The van der Waals surface area contributed by atoms with Gasteiger partial charge in [0.15, 0.2) is 0 Å². The number of rotatable bonds is 7. The van der Waals surface area contributed by atoms with Gasteiger partial charge >= 0.3 is 0 Å². The van der Waals surface area contributed by atoms with Crippen molar-refractivity contribution in [2.75, 3.05) is 5.32 Å². The molecule has 1 aliphatic rings. The van der Waals surface area contributed by atoms with Gasteiger partial charge < -0.3 is 10.1 Å². The van der Waals surface area contributed by atoms with Crippen molar-refractivity contribution in [3.05, 3.63) is 75.8 Å². The molecule has 0 bridgehead atoms. The van der Waals surface area contributed by atoms with Gasteiger partial charge in [0.05, 0.1) is 13.2 Å². The van der Waals surface area contributed by atoms with Gasteiger partial charge in [-0.3, -0.25) is 14.9 Å². The van der Waals surface area contributed by atoms with Crippen LogP contribution in [0.1, 0.15) is 17.5 Å². The average Bonchev–Trinajstić information content (AvgIpc) is 3.38. The minimum Gasteiger partial charge on any atom is -0.372 e. The molecule has 0 aromatic heterocycles. The molecule has 6 nitrogen and oxygen atoms in total. The van der Waals surface area contributed by atoms with Crippen LogP contribution in [0.15, 0.2) is 54.6 Å². The lowest BCUT2D eigenvalue weighted by atomic mass is 10.2. The van der Waals surface area contributed by atoms with Crippen LogP contribution in [0.4, 0.5) is 5.69 Å². The number of nitrogens with one attached hydrogen (secondary N) is 1. The molecule has 1 amide bonds. The molecule has 2 atom stereocenters. The molecule has 1 fully saturated rings. The highest BCUT2D eigenvalue weighted by atomic mass is 16.6. The third kappa shape index (κ3) is 4.17. The highest BCUT2D eigenvalue weighted by Crippen LogP contribution is 2.34. The molecule has 2 unspecified atom stereocenters. The van der Waals surface area contributed by atoms with Crippen molar-refractivity contribution in [1.29, 1.82) is 0 Å². The molecule has 0 aliphatic heterocycles. The maximum absolute atomic E-state index is 11.9. The van der Waals surface area contributed by atoms with Crippen LogP contribution in [0.25, 0.3) is 0 Å². The summed E-state index contributed by atoms with van der Waals surface area (Å²) in [6.45, 7) is 1.03. The van der Waals surface area contributed by atoms with Gasteiger partial charge in [-0.25, -0.2) is 0 Å². The first-order chi connectivity index (χ1) is 11.6. The second kappa shape index (κ2) is 7.23. The molecule has 0 spiro atoms. The van der Waals surface area contributed by atoms with Gasteiger partial charge in [0.25, 0.3) is 0 Å². The van der Waals surface area contributed by atoms with E-state index in [0.29, 0.717) is 25.3 Å². The lowest BCUT2D eigenvalue weighted by Gasteiger charge is -2.07. The van der Waals surface area contributed by atoms with Crippen molar-refractivity contribution in [2.24, 2.45) is 5.92 Å². The summed E-state index contributed by atoms with van der Waals surface area (Å²) in [5.41, 5.74) is 2.76. The molecule has 0 radical (unpaired) electrons. The zero-order chi connectivity index (χ0) is 16.9. The summed E-state index contributed by atoms with van der Waals surface area (Å²) in [7, 11) is 0. The smallest absolute Gasteiger partial charge is 0.234 e. The van der Waals surface area contributed by atoms with Crippen molar-refractivity contribution >= 4 is 11.6 Å². The Balaban J connectivity index is 1.45. The summed E-state index contributed by atoms with van der Waals surface area (Å²) in [6, 6.07) is 16.5. The van der Waals surface area contributed by atoms with E-state index < -0.39 is 16.9 Å². The zero-order valence-electron chi connectivity index (χ0n) is 13.1. The van der Waals surface area contributed by atoms with E-state index in [-0.39, 0.29) is 5.91 Å². The SMILES string of the molecule is O=C(Nc1ccc(COCc2ccccc2)cc1)C1CC1[N+](=O)[O-]. The van der Waals surface area contributed by atoms with E-state index in [1.807, 2.05) is 42.5 Å². The maximum atomic E-state index is 11.9. The molecule has 2 aromatic rings. The lowest BCUT2D eigenvalue weighted by Crippen LogP contribution is -2.18. The quantitative estimate of drug-likeness (QED) is 0.626. The van der Waals surface area contributed by atoms with Crippen LogP contribution in [0.3, 0.4) is 0 Å². The van der Waals surface area contributed by atoms with Gasteiger partial charge in [-0.1, -0.05) is 42.5 Å². The Morgan fingerprint density at radius 1 is 1.08 bits per heavy atom. The van der Waals surface area contributed by atoms with Crippen molar-refractivity contribution < 1.29 is 14.5 Å². The summed E-state index contributed by atoms with van der Waals surface area (Å²) < 4.78 is 5.65. The highest BCUT2D eigenvalue weighted by molar-refractivity contribution is 5.94. The summed E-state index contributed by atoms with van der Waals surface area (Å²) in [4.78, 5) is 22.1. The Kier molecular flexibility index (Phi) is 4.86. The van der Waals surface area contributed by atoms with Gasteiger partial charge in [0.2, 0.25) is 11.9 Å². The average molecular weight is 326 g/mol.